The van der Waals surface area contributed by atoms with Crippen molar-refractivity contribution in [3.05, 3.63) is 0 Å². The first-order chi connectivity index (χ1) is 6.23. The zero-order valence-electron chi connectivity index (χ0n) is 8.18. The first kappa shape index (κ1) is 13.9. The maximum absolute atomic E-state index is 6.19. The average Bonchev–Trinajstić information content (AvgIpc) is 2.31. The van der Waals surface area contributed by atoms with Crippen LogP contribution in [-0.4, -0.2) is 22.3 Å². The molecule has 0 amide bonds. The number of hydrogen-bond donors (Lipinski definition) is 0. The van der Waals surface area contributed by atoms with E-state index in [-0.39, 0.29) is 0 Å². The van der Waals surface area contributed by atoms with Gasteiger partial charge in [-0.2, -0.15) is 3.71 Å². The number of halogens is 4. The van der Waals surface area contributed by atoms with Gasteiger partial charge >= 0.3 is 0 Å². The summed E-state index contributed by atoms with van der Waals surface area (Å²) < 4.78 is 1.94. The quantitative estimate of drug-likeness (QED) is 0.660. The average molecular weight is 319 g/mol. The zero-order chi connectivity index (χ0) is 11.0. The van der Waals surface area contributed by atoms with E-state index in [1.54, 1.807) is 0 Å². The monoisotopic (exact) mass is 317 g/mol. The van der Waals surface area contributed by atoms with Crippen LogP contribution in [0.5, 0.6) is 0 Å². The minimum Gasteiger partial charge on any atom is -0.178 e. The van der Waals surface area contributed by atoms with Gasteiger partial charge in [-0.15, -0.1) is 0 Å². The molecule has 88 valence electrons. The molecule has 1 aliphatic carbocycles. The Morgan fingerprint density at radius 3 is 1.57 bits per heavy atom. The maximum Gasteiger partial charge on any atom is 0.0326 e. The fourth-order valence-corrected chi connectivity index (χ4v) is 11.6. The Hall–Kier alpha value is 1.82. The van der Waals surface area contributed by atoms with Crippen LogP contribution in [0.4, 0.5) is 0 Å². The normalized spacial score (nSPS) is 23.1. The lowest BCUT2D eigenvalue weighted by Crippen LogP contribution is -2.29. The molecule has 0 aromatic heterocycles. The van der Waals surface area contributed by atoms with E-state index in [2.05, 4.69) is 0 Å². The summed E-state index contributed by atoms with van der Waals surface area (Å²) in [6, 6.07) is 0.361. The molecule has 1 saturated carbocycles. The highest BCUT2D eigenvalue weighted by Gasteiger charge is 2.39. The third kappa shape index (κ3) is 3.69. The van der Waals surface area contributed by atoms with Crippen LogP contribution >= 0.6 is 60.0 Å². The third-order valence-corrected chi connectivity index (χ3v) is 8.67. The molecule has 0 radical (unpaired) electrons. The highest BCUT2D eigenvalue weighted by molar-refractivity contribution is 8.75. The van der Waals surface area contributed by atoms with E-state index < -0.39 is 17.3 Å². The Labute approximate surface area is 107 Å². The topological polar surface area (TPSA) is 3.24 Å². The summed E-state index contributed by atoms with van der Waals surface area (Å²) in [5, 5.41) is 0. The van der Waals surface area contributed by atoms with Gasteiger partial charge in [-0.1, -0.05) is 12.8 Å². The van der Waals surface area contributed by atoms with E-state index in [4.69, 9.17) is 42.7 Å². The highest BCUT2D eigenvalue weighted by Crippen LogP contribution is 2.75. The van der Waals surface area contributed by atoms with Crippen molar-refractivity contribution in [2.75, 3.05) is 12.5 Å². The predicted molar refractivity (Wildman–Crippen MR) is 74.5 cm³/mol. The molecule has 0 atom stereocenters. The van der Waals surface area contributed by atoms with Gasteiger partial charge in [0.05, 0.1) is 0 Å². The first-order valence-corrected chi connectivity index (χ1v) is 11.7. The Bertz CT molecular complexity index is 181. The van der Waals surface area contributed by atoms with Crippen molar-refractivity contribution in [2.45, 2.75) is 31.7 Å². The number of rotatable bonds is 3. The van der Waals surface area contributed by atoms with Gasteiger partial charge in [0.25, 0.3) is 0 Å². The number of nitrogens with zero attached hydrogens (tertiary/aromatic N) is 1. The lowest BCUT2D eigenvalue weighted by Gasteiger charge is -2.46. The summed E-state index contributed by atoms with van der Waals surface area (Å²) in [7, 11) is 21.1. The standard InChI is InChI=1S/C7H15Cl4NS2/c1-13(8,9)12(14(2,10)11)7-5-3-4-6-7/h7H,3-6H2,1-2H3. The van der Waals surface area contributed by atoms with Crippen molar-refractivity contribution in [1.82, 2.24) is 3.71 Å². The minimum atomic E-state index is -1.86. The number of hydrogen-bond acceptors (Lipinski definition) is 1. The molecule has 0 aromatic rings. The molecule has 1 aliphatic rings. The van der Waals surface area contributed by atoms with Crippen molar-refractivity contribution in [3.63, 3.8) is 0 Å². The van der Waals surface area contributed by atoms with Gasteiger partial charge < -0.3 is 0 Å². The van der Waals surface area contributed by atoms with Crippen LogP contribution in [0, 0.1) is 0 Å². The van der Waals surface area contributed by atoms with Crippen LogP contribution in [-0.2, 0) is 0 Å². The Morgan fingerprint density at radius 1 is 0.929 bits per heavy atom. The Morgan fingerprint density at radius 2 is 1.29 bits per heavy atom. The molecule has 0 N–H and O–H groups in total. The van der Waals surface area contributed by atoms with Gasteiger partial charge in [-0.05, 0) is 72.9 Å². The third-order valence-electron chi connectivity index (χ3n) is 2.25. The van der Waals surface area contributed by atoms with Crippen LogP contribution in [0.1, 0.15) is 25.7 Å². The second-order valence-electron chi connectivity index (χ2n) is 3.60. The van der Waals surface area contributed by atoms with Crippen LogP contribution in [0.2, 0.25) is 0 Å². The summed E-state index contributed by atoms with van der Waals surface area (Å²) in [5.74, 6) is 0. The van der Waals surface area contributed by atoms with E-state index in [9.17, 15) is 0 Å². The van der Waals surface area contributed by atoms with Crippen LogP contribution < -0.4 is 0 Å². The molecule has 1 rings (SSSR count). The first-order valence-electron chi connectivity index (χ1n) is 4.37. The lowest BCUT2D eigenvalue weighted by molar-refractivity contribution is 0.520. The SMILES string of the molecule is CS(Cl)(Cl)N(C1CCCC1)S(C)(Cl)Cl. The zero-order valence-corrected chi connectivity index (χ0v) is 12.8. The molecule has 1 nitrogen and oxygen atoms in total. The molecule has 0 aromatic carbocycles. The molecule has 14 heavy (non-hydrogen) atoms. The molecule has 0 unspecified atom stereocenters. The summed E-state index contributed by atoms with van der Waals surface area (Å²) in [5.41, 5.74) is 0. The summed E-state index contributed by atoms with van der Waals surface area (Å²) in [6.45, 7) is 0. The summed E-state index contributed by atoms with van der Waals surface area (Å²) in [6.07, 6.45) is 8.25. The van der Waals surface area contributed by atoms with Crippen molar-refractivity contribution in [1.29, 1.82) is 0 Å². The Balaban J connectivity index is 2.82. The molecular weight excluding hydrogens is 304 g/mol. The molecule has 0 bridgehead atoms. The largest absolute Gasteiger partial charge is 0.178 e. The Kier molecular flexibility index (Phi) is 4.95. The highest BCUT2D eigenvalue weighted by atomic mass is 36.0. The van der Waals surface area contributed by atoms with Gasteiger partial charge in [0, 0.05) is 18.6 Å². The van der Waals surface area contributed by atoms with E-state index in [1.807, 2.05) is 16.2 Å². The lowest BCUT2D eigenvalue weighted by atomic mass is 10.3. The van der Waals surface area contributed by atoms with E-state index in [1.165, 1.54) is 12.8 Å². The van der Waals surface area contributed by atoms with E-state index >= 15 is 0 Å². The molecule has 0 spiro atoms. The van der Waals surface area contributed by atoms with Crippen LogP contribution in [0.15, 0.2) is 0 Å². The fourth-order valence-electron chi connectivity index (χ4n) is 1.87. The molecule has 0 heterocycles. The van der Waals surface area contributed by atoms with E-state index in [0.717, 1.165) is 12.8 Å². The fraction of sp³-hybridized carbons (Fsp3) is 1.00. The van der Waals surface area contributed by atoms with Crippen molar-refractivity contribution in [3.8, 4) is 0 Å². The molecular formula is C7H15Cl4NS2. The molecule has 7 heteroatoms. The summed E-state index contributed by atoms with van der Waals surface area (Å²) >= 11 is 0. The second-order valence-corrected chi connectivity index (χ2v) is 15.5. The minimum absolute atomic E-state index is 0.361. The van der Waals surface area contributed by atoms with Gasteiger partial charge in [-0.3, -0.25) is 0 Å². The van der Waals surface area contributed by atoms with Crippen molar-refractivity contribution >= 4 is 60.0 Å². The van der Waals surface area contributed by atoms with Crippen molar-refractivity contribution in [2.24, 2.45) is 0 Å². The molecule has 0 saturated heterocycles. The smallest absolute Gasteiger partial charge is 0.0326 e. The van der Waals surface area contributed by atoms with Crippen molar-refractivity contribution < 1.29 is 0 Å². The second kappa shape index (κ2) is 4.99. The van der Waals surface area contributed by atoms with Crippen LogP contribution in [0.3, 0.4) is 0 Å². The van der Waals surface area contributed by atoms with Gasteiger partial charge in [0.1, 0.15) is 0 Å². The van der Waals surface area contributed by atoms with Gasteiger partial charge in [0.15, 0.2) is 0 Å². The van der Waals surface area contributed by atoms with E-state index in [0.29, 0.717) is 6.04 Å². The molecule has 0 aliphatic heterocycles. The van der Waals surface area contributed by atoms with Gasteiger partial charge in [-0.25, -0.2) is 0 Å². The predicted octanol–water partition coefficient (Wildman–Crippen LogP) is 5.55. The molecule has 1 fully saturated rings. The van der Waals surface area contributed by atoms with Gasteiger partial charge in [0.2, 0.25) is 0 Å². The van der Waals surface area contributed by atoms with Crippen LogP contribution in [0.25, 0.3) is 0 Å². The summed E-state index contributed by atoms with van der Waals surface area (Å²) in [4.78, 5) is 0. The maximum atomic E-state index is 6.19.